The van der Waals surface area contributed by atoms with Crippen LogP contribution in [0.4, 0.5) is 0 Å². The molecule has 1 aromatic carbocycles. The molecule has 0 aliphatic rings. The maximum Gasteiger partial charge on any atom is 0.163 e. The zero-order chi connectivity index (χ0) is 12.6. The minimum atomic E-state index is -0.215. The van der Waals surface area contributed by atoms with E-state index in [2.05, 4.69) is 6.58 Å². The molecule has 0 saturated heterocycles. The molecule has 4 heteroatoms. The highest BCUT2D eigenvalue weighted by atomic mass is 16.3. The summed E-state index contributed by atoms with van der Waals surface area (Å²) in [5, 5.41) is 19.3. The molecule has 4 nitrogen and oxygen atoms in total. The summed E-state index contributed by atoms with van der Waals surface area (Å²) < 4.78 is 5.41. The SMILES string of the molecule is C=C(CO)c1cc2cc(C(C)=O)c(O)cc2o1. The third kappa shape index (κ3) is 1.94. The van der Waals surface area contributed by atoms with E-state index < -0.39 is 0 Å². The molecule has 1 heterocycles. The van der Waals surface area contributed by atoms with E-state index >= 15 is 0 Å². The number of rotatable bonds is 3. The molecule has 0 bridgehead atoms. The van der Waals surface area contributed by atoms with Crippen molar-refractivity contribution in [2.45, 2.75) is 6.92 Å². The number of carbonyl (C=O) groups is 1. The van der Waals surface area contributed by atoms with Crippen LogP contribution in [-0.4, -0.2) is 22.6 Å². The summed E-state index contributed by atoms with van der Waals surface area (Å²) in [6, 6.07) is 4.63. The molecule has 17 heavy (non-hydrogen) atoms. The highest BCUT2D eigenvalue weighted by Crippen LogP contribution is 2.29. The van der Waals surface area contributed by atoms with Crippen LogP contribution in [0.15, 0.2) is 29.2 Å². The maximum absolute atomic E-state index is 11.3. The second-order valence-corrected chi connectivity index (χ2v) is 3.84. The van der Waals surface area contributed by atoms with Crippen LogP contribution in [0.1, 0.15) is 23.0 Å². The summed E-state index contributed by atoms with van der Waals surface area (Å²) in [4.78, 5) is 11.3. The Kier molecular flexibility index (Phi) is 2.73. The number of ketones is 1. The van der Waals surface area contributed by atoms with Gasteiger partial charge in [-0.15, -0.1) is 0 Å². The molecule has 0 fully saturated rings. The molecule has 0 spiro atoms. The Balaban J connectivity index is 2.62. The summed E-state index contributed by atoms with van der Waals surface area (Å²) >= 11 is 0. The largest absolute Gasteiger partial charge is 0.507 e. The summed E-state index contributed by atoms with van der Waals surface area (Å²) in [5.74, 6) is 0.122. The predicted octanol–water partition coefficient (Wildman–Crippen LogP) is 2.35. The Morgan fingerprint density at radius 2 is 2.12 bits per heavy atom. The van der Waals surface area contributed by atoms with Crippen LogP contribution in [-0.2, 0) is 0 Å². The molecule has 2 aromatic rings. The van der Waals surface area contributed by atoms with Gasteiger partial charge in [0.15, 0.2) is 5.78 Å². The molecule has 1 aromatic heterocycles. The first-order chi connectivity index (χ1) is 8.02. The van der Waals surface area contributed by atoms with Gasteiger partial charge in [-0.2, -0.15) is 0 Å². The van der Waals surface area contributed by atoms with Gasteiger partial charge in [-0.3, -0.25) is 4.79 Å². The number of benzene rings is 1. The third-order valence-corrected chi connectivity index (χ3v) is 2.55. The smallest absolute Gasteiger partial charge is 0.163 e. The van der Waals surface area contributed by atoms with E-state index in [-0.39, 0.29) is 23.7 Å². The van der Waals surface area contributed by atoms with Crippen molar-refractivity contribution in [1.82, 2.24) is 0 Å². The number of hydrogen-bond acceptors (Lipinski definition) is 4. The van der Waals surface area contributed by atoms with E-state index in [1.807, 2.05) is 0 Å². The summed E-state index contributed by atoms with van der Waals surface area (Å²) in [6.45, 7) is 4.83. The van der Waals surface area contributed by atoms with Crippen molar-refractivity contribution in [1.29, 1.82) is 0 Å². The molecule has 2 rings (SSSR count). The predicted molar refractivity (Wildman–Crippen MR) is 64.0 cm³/mol. The lowest BCUT2D eigenvalue weighted by Crippen LogP contribution is -1.91. The fourth-order valence-electron chi connectivity index (χ4n) is 1.61. The molecular weight excluding hydrogens is 220 g/mol. The minimum absolute atomic E-state index is 0.111. The van der Waals surface area contributed by atoms with Crippen LogP contribution in [0, 0.1) is 0 Å². The number of phenols is 1. The fourth-order valence-corrected chi connectivity index (χ4v) is 1.61. The Morgan fingerprint density at radius 3 is 2.71 bits per heavy atom. The van der Waals surface area contributed by atoms with Crippen molar-refractivity contribution in [3.05, 3.63) is 36.1 Å². The topological polar surface area (TPSA) is 70.7 Å². The number of fused-ring (bicyclic) bond motifs is 1. The Morgan fingerprint density at radius 1 is 1.41 bits per heavy atom. The highest BCUT2D eigenvalue weighted by molar-refractivity contribution is 6.00. The molecule has 0 unspecified atom stereocenters. The lowest BCUT2D eigenvalue weighted by molar-refractivity contribution is 0.101. The van der Waals surface area contributed by atoms with E-state index in [9.17, 15) is 9.90 Å². The Hall–Kier alpha value is -2.07. The van der Waals surface area contributed by atoms with E-state index in [0.717, 1.165) is 0 Å². The van der Waals surface area contributed by atoms with Crippen molar-refractivity contribution in [2.75, 3.05) is 6.61 Å². The number of Topliss-reactive ketones (excluding diaryl/α,β-unsaturated/α-hetero) is 1. The molecule has 0 radical (unpaired) electrons. The Labute approximate surface area is 97.8 Å². The van der Waals surface area contributed by atoms with Crippen LogP contribution in [0.25, 0.3) is 16.5 Å². The molecule has 0 atom stereocenters. The van der Waals surface area contributed by atoms with Gasteiger partial charge in [0, 0.05) is 17.0 Å². The van der Waals surface area contributed by atoms with Crippen LogP contribution in [0.2, 0.25) is 0 Å². The lowest BCUT2D eigenvalue weighted by atomic mass is 10.1. The number of hydrogen-bond donors (Lipinski definition) is 2. The fraction of sp³-hybridized carbons (Fsp3) is 0.154. The number of furan rings is 1. The first-order valence-corrected chi connectivity index (χ1v) is 5.09. The number of aromatic hydroxyl groups is 1. The molecule has 2 N–H and O–H groups in total. The van der Waals surface area contributed by atoms with Gasteiger partial charge in [-0.1, -0.05) is 6.58 Å². The average Bonchev–Trinajstić information content (AvgIpc) is 2.69. The molecular formula is C13H12O4. The van der Waals surface area contributed by atoms with E-state index in [1.165, 1.54) is 13.0 Å². The Bertz CT molecular complexity index is 607. The third-order valence-electron chi connectivity index (χ3n) is 2.55. The minimum Gasteiger partial charge on any atom is -0.507 e. The molecule has 0 amide bonds. The number of carbonyl (C=O) groups excluding carboxylic acids is 1. The summed E-state index contributed by atoms with van der Waals surface area (Å²) in [6.07, 6.45) is 0. The van der Waals surface area contributed by atoms with Crippen LogP contribution < -0.4 is 0 Å². The highest BCUT2D eigenvalue weighted by Gasteiger charge is 2.12. The number of aliphatic hydroxyl groups is 1. The van der Waals surface area contributed by atoms with Crippen molar-refractivity contribution in [2.24, 2.45) is 0 Å². The molecule has 88 valence electrons. The first kappa shape index (κ1) is 11.4. The van der Waals surface area contributed by atoms with Crippen molar-refractivity contribution in [3.63, 3.8) is 0 Å². The van der Waals surface area contributed by atoms with Crippen molar-refractivity contribution in [3.8, 4) is 5.75 Å². The quantitative estimate of drug-likeness (QED) is 0.797. The van der Waals surface area contributed by atoms with E-state index in [1.54, 1.807) is 12.1 Å². The number of aliphatic hydroxyl groups excluding tert-OH is 1. The van der Waals surface area contributed by atoms with Gasteiger partial charge in [0.05, 0.1) is 12.2 Å². The molecule has 0 aliphatic carbocycles. The number of phenolic OH excluding ortho intramolecular Hbond substituents is 1. The van der Waals surface area contributed by atoms with Gasteiger partial charge in [0.1, 0.15) is 17.1 Å². The van der Waals surface area contributed by atoms with Crippen LogP contribution >= 0.6 is 0 Å². The van der Waals surface area contributed by atoms with Crippen LogP contribution in [0.5, 0.6) is 5.75 Å². The van der Waals surface area contributed by atoms with Crippen molar-refractivity contribution < 1.29 is 19.4 Å². The van der Waals surface area contributed by atoms with Crippen LogP contribution in [0.3, 0.4) is 0 Å². The zero-order valence-corrected chi connectivity index (χ0v) is 9.36. The summed E-state index contributed by atoms with van der Waals surface area (Å²) in [7, 11) is 0. The van der Waals surface area contributed by atoms with Gasteiger partial charge in [-0.25, -0.2) is 0 Å². The normalized spacial score (nSPS) is 10.7. The first-order valence-electron chi connectivity index (χ1n) is 5.09. The second-order valence-electron chi connectivity index (χ2n) is 3.84. The van der Waals surface area contributed by atoms with E-state index in [0.29, 0.717) is 22.3 Å². The van der Waals surface area contributed by atoms with Gasteiger partial charge in [0.25, 0.3) is 0 Å². The van der Waals surface area contributed by atoms with Gasteiger partial charge >= 0.3 is 0 Å². The average molecular weight is 232 g/mol. The van der Waals surface area contributed by atoms with Crippen molar-refractivity contribution >= 4 is 22.3 Å². The van der Waals surface area contributed by atoms with E-state index in [4.69, 9.17) is 9.52 Å². The molecule has 0 saturated carbocycles. The molecule has 0 aliphatic heterocycles. The summed E-state index contributed by atoms with van der Waals surface area (Å²) in [5.41, 5.74) is 1.15. The van der Waals surface area contributed by atoms with Gasteiger partial charge in [0.2, 0.25) is 0 Å². The lowest BCUT2D eigenvalue weighted by Gasteiger charge is -1.99. The van der Waals surface area contributed by atoms with Gasteiger partial charge in [-0.05, 0) is 19.1 Å². The maximum atomic E-state index is 11.3. The standard InChI is InChI=1S/C13H12O4/c1-7(6-14)12-4-9-3-10(8(2)15)11(16)5-13(9)17-12/h3-5,14,16H,1,6H2,2H3. The zero-order valence-electron chi connectivity index (χ0n) is 9.36. The van der Waals surface area contributed by atoms with Gasteiger partial charge < -0.3 is 14.6 Å². The monoisotopic (exact) mass is 232 g/mol. The second kappa shape index (κ2) is 4.07.